The molecule has 0 bridgehead atoms. The highest BCUT2D eigenvalue weighted by Gasteiger charge is 2.32. The molecule has 0 radical (unpaired) electrons. The van der Waals surface area contributed by atoms with Gasteiger partial charge in [0.15, 0.2) is 11.4 Å². The SMILES string of the molecule is CN(CCO)C(=O)C1=C[N+](C)(CCO)CC(C(N)=O)=N1. The van der Waals surface area contributed by atoms with Crippen LogP contribution in [0.15, 0.2) is 16.9 Å². The summed E-state index contributed by atoms with van der Waals surface area (Å²) >= 11 is 0. The van der Waals surface area contributed by atoms with E-state index in [-0.39, 0.29) is 42.2 Å². The number of hydrogen-bond acceptors (Lipinski definition) is 5. The van der Waals surface area contributed by atoms with Crippen LogP contribution < -0.4 is 5.73 Å². The monoisotopic (exact) mass is 285 g/mol. The quantitative estimate of drug-likeness (QED) is 0.474. The van der Waals surface area contributed by atoms with E-state index in [1.54, 1.807) is 13.2 Å². The van der Waals surface area contributed by atoms with E-state index in [0.29, 0.717) is 6.54 Å². The van der Waals surface area contributed by atoms with Gasteiger partial charge < -0.3 is 20.8 Å². The molecule has 8 nitrogen and oxygen atoms in total. The van der Waals surface area contributed by atoms with Crippen LogP contribution in [0.2, 0.25) is 0 Å². The fourth-order valence-corrected chi connectivity index (χ4v) is 1.95. The Kier molecular flexibility index (Phi) is 5.37. The zero-order valence-corrected chi connectivity index (χ0v) is 11.7. The van der Waals surface area contributed by atoms with Gasteiger partial charge in [0.1, 0.15) is 19.3 Å². The van der Waals surface area contributed by atoms with Crippen LogP contribution in [0, 0.1) is 0 Å². The molecule has 0 aliphatic carbocycles. The van der Waals surface area contributed by atoms with Gasteiger partial charge in [-0.3, -0.25) is 14.1 Å². The number of nitrogens with zero attached hydrogens (tertiary/aromatic N) is 3. The third-order valence-corrected chi connectivity index (χ3v) is 3.10. The summed E-state index contributed by atoms with van der Waals surface area (Å²) in [6.07, 6.45) is 1.60. The van der Waals surface area contributed by atoms with Crippen molar-refractivity contribution in [3.05, 3.63) is 11.9 Å². The van der Waals surface area contributed by atoms with Gasteiger partial charge in [0.05, 0.1) is 20.3 Å². The molecule has 0 saturated carbocycles. The summed E-state index contributed by atoms with van der Waals surface area (Å²) in [6.45, 7) is 0.488. The first-order valence-corrected chi connectivity index (χ1v) is 6.24. The summed E-state index contributed by atoms with van der Waals surface area (Å²) in [5.74, 6) is -1.09. The number of likely N-dealkylation sites (N-methyl/N-ethyl adjacent to an activating group) is 2. The highest BCUT2D eigenvalue weighted by Crippen LogP contribution is 2.17. The summed E-state index contributed by atoms with van der Waals surface area (Å²) in [6, 6.07) is 0. The molecule has 2 amide bonds. The molecule has 0 aromatic carbocycles. The van der Waals surface area contributed by atoms with Crippen molar-refractivity contribution in [2.45, 2.75) is 0 Å². The second kappa shape index (κ2) is 6.60. The van der Waals surface area contributed by atoms with Gasteiger partial charge in [0.2, 0.25) is 0 Å². The van der Waals surface area contributed by atoms with Gasteiger partial charge >= 0.3 is 0 Å². The van der Waals surface area contributed by atoms with Crippen molar-refractivity contribution < 1.29 is 24.3 Å². The number of carbonyl (C=O) groups excluding carboxylic acids is 2. The molecule has 20 heavy (non-hydrogen) atoms. The summed E-state index contributed by atoms with van der Waals surface area (Å²) in [5.41, 5.74) is 5.44. The Morgan fingerprint density at radius 3 is 2.60 bits per heavy atom. The molecule has 1 rings (SSSR count). The first-order chi connectivity index (χ1) is 9.33. The first-order valence-electron chi connectivity index (χ1n) is 6.24. The number of aliphatic hydroxyl groups is 2. The van der Waals surface area contributed by atoms with Gasteiger partial charge in [-0.15, -0.1) is 0 Å². The minimum absolute atomic E-state index is 0.0903. The van der Waals surface area contributed by atoms with Crippen LogP contribution in [-0.2, 0) is 9.59 Å². The van der Waals surface area contributed by atoms with E-state index in [4.69, 9.17) is 15.9 Å². The van der Waals surface area contributed by atoms with Crippen molar-refractivity contribution in [2.75, 3.05) is 46.9 Å². The molecule has 1 heterocycles. The van der Waals surface area contributed by atoms with Crippen LogP contribution >= 0.6 is 0 Å². The predicted octanol–water partition coefficient (Wildman–Crippen LogP) is -2.34. The summed E-state index contributed by atoms with van der Waals surface area (Å²) in [4.78, 5) is 28.8. The number of quaternary nitrogens is 1. The molecule has 0 aromatic heterocycles. The van der Waals surface area contributed by atoms with Crippen LogP contribution in [0.3, 0.4) is 0 Å². The molecule has 1 unspecified atom stereocenters. The van der Waals surface area contributed by atoms with E-state index < -0.39 is 11.8 Å². The number of aliphatic imine (C=N–C) groups is 1. The largest absolute Gasteiger partial charge is 0.395 e. The number of nitrogens with two attached hydrogens (primary N) is 1. The molecule has 0 fully saturated rings. The molecule has 1 aliphatic heterocycles. The molecule has 0 aromatic rings. The lowest BCUT2D eigenvalue weighted by Crippen LogP contribution is -2.50. The van der Waals surface area contributed by atoms with Crippen molar-refractivity contribution in [3.63, 3.8) is 0 Å². The highest BCUT2D eigenvalue weighted by molar-refractivity contribution is 6.39. The maximum absolute atomic E-state index is 12.2. The fraction of sp³-hybridized carbons (Fsp3) is 0.583. The van der Waals surface area contributed by atoms with Crippen molar-refractivity contribution >= 4 is 17.5 Å². The van der Waals surface area contributed by atoms with Crippen LogP contribution in [0.4, 0.5) is 0 Å². The average molecular weight is 285 g/mol. The lowest BCUT2D eigenvalue weighted by molar-refractivity contribution is -0.851. The number of primary amides is 1. The first kappa shape index (κ1) is 16.3. The Balaban J connectivity index is 3.09. The minimum atomic E-state index is -0.685. The molecule has 0 spiro atoms. The molecular weight excluding hydrogens is 264 g/mol. The van der Waals surface area contributed by atoms with Crippen molar-refractivity contribution in [1.29, 1.82) is 0 Å². The second-order valence-electron chi connectivity index (χ2n) is 4.97. The maximum atomic E-state index is 12.2. The molecule has 1 aliphatic rings. The summed E-state index contributed by atoms with van der Waals surface area (Å²) < 4.78 is 0.173. The molecule has 0 saturated heterocycles. The normalized spacial score (nSPS) is 22.0. The average Bonchev–Trinajstić information content (AvgIpc) is 2.37. The third-order valence-electron chi connectivity index (χ3n) is 3.10. The topological polar surface area (TPSA) is 116 Å². The fourth-order valence-electron chi connectivity index (χ4n) is 1.95. The van der Waals surface area contributed by atoms with Crippen LogP contribution in [0.25, 0.3) is 0 Å². The van der Waals surface area contributed by atoms with Crippen LogP contribution in [-0.4, -0.2) is 84.1 Å². The zero-order chi connectivity index (χ0) is 15.3. The summed E-state index contributed by atoms with van der Waals surface area (Å²) in [5, 5.41) is 17.9. The predicted molar refractivity (Wildman–Crippen MR) is 72.4 cm³/mol. The molecule has 4 N–H and O–H groups in total. The van der Waals surface area contributed by atoms with E-state index >= 15 is 0 Å². The van der Waals surface area contributed by atoms with Gasteiger partial charge in [-0.05, 0) is 0 Å². The van der Waals surface area contributed by atoms with Gasteiger partial charge in [-0.2, -0.15) is 0 Å². The molecule has 112 valence electrons. The Bertz CT molecular complexity index is 460. The van der Waals surface area contributed by atoms with E-state index in [1.165, 1.54) is 11.9 Å². The van der Waals surface area contributed by atoms with Crippen molar-refractivity contribution in [3.8, 4) is 0 Å². The van der Waals surface area contributed by atoms with Crippen LogP contribution in [0.1, 0.15) is 0 Å². The van der Waals surface area contributed by atoms with E-state index in [9.17, 15) is 9.59 Å². The Hall–Kier alpha value is -1.77. The smallest absolute Gasteiger partial charge is 0.277 e. The number of carbonyl (C=O) groups is 2. The summed E-state index contributed by atoms with van der Waals surface area (Å²) in [7, 11) is 3.30. The van der Waals surface area contributed by atoms with E-state index in [1.807, 2.05) is 0 Å². The van der Waals surface area contributed by atoms with Crippen LogP contribution in [0.5, 0.6) is 0 Å². The standard InChI is InChI=1S/C12H20N4O4/c1-15(3-5-17)12(20)10-8-16(2,4-6-18)7-9(14-10)11(13)19/h8,17-18H,3-7H2,1-2H3,(H-,13,19)/p+1. The lowest BCUT2D eigenvalue weighted by Gasteiger charge is -2.33. The molecule has 1 atom stereocenters. The Morgan fingerprint density at radius 1 is 1.45 bits per heavy atom. The maximum Gasteiger partial charge on any atom is 0.277 e. The number of aliphatic hydroxyl groups excluding tert-OH is 2. The van der Waals surface area contributed by atoms with Gasteiger partial charge in [-0.25, -0.2) is 4.99 Å². The van der Waals surface area contributed by atoms with Crippen molar-refractivity contribution in [1.82, 2.24) is 4.90 Å². The lowest BCUT2D eigenvalue weighted by atomic mass is 10.2. The minimum Gasteiger partial charge on any atom is -0.395 e. The zero-order valence-electron chi connectivity index (χ0n) is 11.7. The van der Waals surface area contributed by atoms with E-state index in [0.717, 1.165) is 0 Å². The number of hydrogen-bond donors (Lipinski definition) is 3. The Morgan fingerprint density at radius 2 is 2.10 bits per heavy atom. The highest BCUT2D eigenvalue weighted by atomic mass is 16.3. The van der Waals surface area contributed by atoms with Gasteiger partial charge in [-0.1, -0.05) is 0 Å². The third kappa shape index (κ3) is 3.86. The Labute approximate surface area is 117 Å². The molecule has 8 heteroatoms. The van der Waals surface area contributed by atoms with E-state index in [2.05, 4.69) is 4.99 Å². The van der Waals surface area contributed by atoms with Crippen molar-refractivity contribution in [2.24, 2.45) is 10.7 Å². The van der Waals surface area contributed by atoms with Gasteiger partial charge in [0, 0.05) is 13.6 Å². The number of rotatable bonds is 6. The molecular formula is C12H21N4O4+. The number of amides is 2. The van der Waals surface area contributed by atoms with Gasteiger partial charge in [0.25, 0.3) is 11.8 Å². The second-order valence-corrected chi connectivity index (χ2v) is 4.97.